The van der Waals surface area contributed by atoms with E-state index in [4.69, 9.17) is 10.5 Å². The van der Waals surface area contributed by atoms with Crippen LogP contribution < -0.4 is 10.5 Å². The predicted octanol–water partition coefficient (Wildman–Crippen LogP) is 3.65. The molecule has 0 spiro atoms. The van der Waals surface area contributed by atoms with E-state index < -0.39 is 0 Å². The summed E-state index contributed by atoms with van der Waals surface area (Å²) in [6.07, 6.45) is 2.49. The first kappa shape index (κ1) is 11.5. The maximum atomic E-state index is 6.42. The van der Waals surface area contributed by atoms with Gasteiger partial charge in [0.05, 0.1) is 6.61 Å². The number of benzene rings is 2. The second-order valence-electron chi connectivity index (χ2n) is 4.99. The zero-order chi connectivity index (χ0) is 12.5. The molecule has 0 bridgehead atoms. The van der Waals surface area contributed by atoms with Crippen molar-refractivity contribution in [2.45, 2.75) is 25.8 Å². The van der Waals surface area contributed by atoms with Crippen LogP contribution in [0.2, 0.25) is 0 Å². The summed E-state index contributed by atoms with van der Waals surface area (Å²) >= 11 is 0. The summed E-state index contributed by atoms with van der Waals surface area (Å²) in [5.74, 6) is 1.59. The molecule has 2 nitrogen and oxygen atoms in total. The average Bonchev–Trinajstić information content (AvgIpc) is 3.22. The minimum Gasteiger partial charge on any atom is -0.494 e. The summed E-state index contributed by atoms with van der Waals surface area (Å²) in [7, 11) is 0. The second kappa shape index (κ2) is 4.62. The van der Waals surface area contributed by atoms with Crippen LogP contribution in [0, 0.1) is 5.92 Å². The number of hydrogen-bond acceptors (Lipinski definition) is 2. The quantitative estimate of drug-likeness (QED) is 0.886. The fourth-order valence-corrected chi connectivity index (χ4v) is 2.59. The maximum Gasteiger partial charge on any atom is 0.124 e. The molecule has 0 unspecified atom stereocenters. The van der Waals surface area contributed by atoms with Gasteiger partial charge >= 0.3 is 0 Å². The molecule has 0 radical (unpaired) electrons. The van der Waals surface area contributed by atoms with Crippen LogP contribution in [0.15, 0.2) is 36.4 Å². The van der Waals surface area contributed by atoms with Gasteiger partial charge in [-0.25, -0.2) is 0 Å². The molecule has 1 fully saturated rings. The molecule has 0 aromatic heterocycles. The van der Waals surface area contributed by atoms with E-state index in [1.165, 1.54) is 29.2 Å². The molecule has 3 rings (SSSR count). The molecular formula is C16H19NO. The second-order valence-corrected chi connectivity index (χ2v) is 4.99. The lowest BCUT2D eigenvalue weighted by molar-refractivity contribution is 0.333. The highest BCUT2D eigenvalue weighted by Gasteiger charge is 2.32. The Morgan fingerprint density at radius 1 is 1.22 bits per heavy atom. The van der Waals surface area contributed by atoms with Crippen LogP contribution in [-0.2, 0) is 0 Å². The number of ether oxygens (including phenoxy) is 1. The number of nitrogens with two attached hydrogens (primary N) is 1. The Morgan fingerprint density at radius 2 is 2.00 bits per heavy atom. The Kier molecular flexibility index (Phi) is 2.96. The van der Waals surface area contributed by atoms with Crippen LogP contribution in [0.3, 0.4) is 0 Å². The SMILES string of the molecule is CCOc1ccc2ccccc2c1[C@H](N)C1CC1. The molecule has 1 aliphatic carbocycles. The van der Waals surface area contributed by atoms with E-state index in [1.807, 2.05) is 6.92 Å². The third-order valence-corrected chi connectivity index (χ3v) is 3.69. The molecule has 2 aromatic rings. The molecule has 1 atom stereocenters. The summed E-state index contributed by atoms with van der Waals surface area (Å²) in [5.41, 5.74) is 7.61. The van der Waals surface area contributed by atoms with Gasteiger partial charge in [-0.05, 0) is 42.5 Å². The van der Waals surface area contributed by atoms with Crippen LogP contribution in [0.1, 0.15) is 31.4 Å². The molecule has 2 aromatic carbocycles. The number of rotatable bonds is 4. The normalized spacial score (nSPS) is 16.8. The lowest BCUT2D eigenvalue weighted by Crippen LogP contribution is -2.14. The molecule has 0 heterocycles. The third-order valence-electron chi connectivity index (χ3n) is 3.69. The van der Waals surface area contributed by atoms with Crippen molar-refractivity contribution in [2.75, 3.05) is 6.61 Å². The minimum atomic E-state index is 0.109. The van der Waals surface area contributed by atoms with E-state index in [0.717, 1.165) is 5.75 Å². The standard InChI is InChI=1S/C16H19NO/c1-2-18-14-10-9-11-5-3-4-6-13(11)15(14)16(17)12-7-8-12/h3-6,9-10,12,16H,2,7-8,17H2,1H3/t16-/m1/s1. The summed E-state index contributed by atoms with van der Waals surface area (Å²) < 4.78 is 5.76. The Bertz CT molecular complexity index is 560. The summed E-state index contributed by atoms with van der Waals surface area (Å²) in [5, 5.41) is 2.48. The van der Waals surface area contributed by atoms with Crippen LogP contribution in [0.4, 0.5) is 0 Å². The Morgan fingerprint density at radius 3 is 2.72 bits per heavy atom. The maximum absolute atomic E-state index is 6.42. The highest BCUT2D eigenvalue weighted by atomic mass is 16.5. The molecule has 2 N–H and O–H groups in total. The zero-order valence-corrected chi connectivity index (χ0v) is 10.7. The smallest absolute Gasteiger partial charge is 0.124 e. The Balaban J connectivity index is 2.17. The van der Waals surface area contributed by atoms with Gasteiger partial charge < -0.3 is 10.5 Å². The van der Waals surface area contributed by atoms with Crippen LogP contribution >= 0.6 is 0 Å². The Labute approximate surface area is 108 Å². The van der Waals surface area contributed by atoms with Gasteiger partial charge in [0.15, 0.2) is 0 Å². The van der Waals surface area contributed by atoms with Gasteiger partial charge in [-0.2, -0.15) is 0 Å². The summed E-state index contributed by atoms with van der Waals surface area (Å²) in [6.45, 7) is 2.70. The third kappa shape index (κ3) is 1.97. The van der Waals surface area contributed by atoms with Crippen LogP contribution in [-0.4, -0.2) is 6.61 Å². The predicted molar refractivity (Wildman–Crippen MR) is 74.8 cm³/mol. The van der Waals surface area contributed by atoms with Gasteiger partial charge in [0, 0.05) is 11.6 Å². The fourth-order valence-electron chi connectivity index (χ4n) is 2.59. The molecule has 1 aliphatic rings. The van der Waals surface area contributed by atoms with E-state index in [-0.39, 0.29) is 6.04 Å². The van der Waals surface area contributed by atoms with Crippen molar-refractivity contribution >= 4 is 10.8 Å². The summed E-state index contributed by atoms with van der Waals surface area (Å²) in [4.78, 5) is 0. The molecule has 2 heteroatoms. The van der Waals surface area contributed by atoms with E-state index >= 15 is 0 Å². The Hall–Kier alpha value is -1.54. The van der Waals surface area contributed by atoms with Crippen molar-refractivity contribution in [3.63, 3.8) is 0 Å². The van der Waals surface area contributed by atoms with Gasteiger partial charge in [-0.15, -0.1) is 0 Å². The minimum absolute atomic E-state index is 0.109. The van der Waals surface area contributed by atoms with Crippen molar-refractivity contribution in [1.29, 1.82) is 0 Å². The molecule has 0 amide bonds. The first-order valence-corrected chi connectivity index (χ1v) is 6.71. The fraction of sp³-hybridized carbons (Fsp3) is 0.375. The van der Waals surface area contributed by atoms with Crippen molar-refractivity contribution in [3.05, 3.63) is 42.0 Å². The first-order chi connectivity index (χ1) is 8.81. The largest absolute Gasteiger partial charge is 0.494 e. The van der Waals surface area contributed by atoms with E-state index in [9.17, 15) is 0 Å². The van der Waals surface area contributed by atoms with Crippen LogP contribution in [0.5, 0.6) is 5.75 Å². The topological polar surface area (TPSA) is 35.2 Å². The molecule has 94 valence electrons. The highest BCUT2D eigenvalue weighted by Crippen LogP contribution is 2.44. The van der Waals surface area contributed by atoms with Crippen molar-refractivity contribution in [1.82, 2.24) is 0 Å². The van der Waals surface area contributed by atoms with Crippen molar-refractivity contribution in [2.24, 2.45) is 11.7 Å². The molecule has 0 saturated heterocycles. The van der Waals surface area contributed by atoms with Gasteiger partial charge in [0.2, 0.25) is 0 Å². The molecule has 18 heavy (non-hydrogen) atoms. The van der Waals surface area contributed by atoms with Gasteiger partial charge in [-0.3, -0.25) is 0 Å². The molecule has 0 aliphatic heterocycles. The lowest BCUT2D eigenvalue weighted by Gasteiger charge is -2.18. The number of hydrogen-bond donors (Lipinski definition) is 1. The first-order valence-electron chi connectivity index (χ1n) is 6.71. The van der Waals surface area contributed by atoms with Crippen molar-refractivity contribution < 1.29 is 4.74 Å². The van der Waals surface area contributed by atoms with Gasteiger partial charge in [-0.1, -0.05) is 30.3 Å². The monoisotopic (exact) mass is 241 g/mol. The average molecular weight is 241 g/mol. The summed E-state index contributed by atoms with van der Waals surface area (Å²) in [6, 6.07) is 12.7. The highest BCUT2D eigenvalue weighted by molar-refractivity contribution is 5.88. The number of fused-ring (bicyclic) bond motifs is 1. The molecule has 1 saturated carbocycles. The lowest BCUT2D eigenvalue weighted by atomic mass is 9.95. The van der Waals surface area contributed by atoms with E-state index in [0.29, 0.717) is 12.5 Å². The van der Waals surface area contributed by atoms with Crippen molar-refractivity contribution in [3.8, 4) is 5.75 Å². The van der Waals surface area contributed by atoms with Gasteiger partial charge in [0.25, 0.3) is 0 Å². The van der Waals surface area contributed by atoms with Crippen LogP contribution in [0.25, 0.3) is 10.8 Å². The van der Waals surface area contributed by atoms with E-state index in [2.05, 4.69) is 36.4 Å². The van der Waals surface area contributed by atoms with Gasteiger partial charge in [0.1, 0.15) is 5.75 Å². The molecular weight excluding hydrogens is 222 g/mol. The zero-order valence-electron chi connectivity index (χ0n) is 10.7. The van der Waals surface area contributed by atoms with E-state index in [1.54, 1.807) is 0 Å².